The number of unbranched alkanes of at least 4 members (excludes halogenated alkanes) is 2. The third kappa shape index (κ3) is 10.1. The first-order valence-corrected chi connectivity index (χ1v) is 9.66. The van der Waals surface area contributed by atoms with Crippen molar-refractivity contribution in [2.45, 2.75) is 51.7 Å². The van der Waals surface area contributed by atoms with Crippen LogP contribution in [0.4, 0.5) is 4.79 Å². The van der Waals surface area contributed by atoms with Gasteiger partial charge in [-0.25, -0.2) is 9.59 Å². The molecule has 0 unspecified atom stereocenters. The third-order valence-electron chi connectivity index (χ3n) is 4.32. The molecule has 0 fully saturated rings. The number of alkyl carbamates (subject to hydrolysis) is 1. The molecule has 0 bridgehead atoms. The van der Waals surface area contributed by atoms with Crippen LogP contribution >= 0.6 is 0 Å². The minimum atomic E-state index is -0.826. The smallest absolute Gasteiger partial charge is 0.407 e. The van der Waals surface area contributed by atoms with Gasteiger partial charge in [0.1, 0.15) is 12.6 Å². The van der Waals surface area contributed by atoms with E-state index >= 15 is 0 Å². The Balaban J connectivity index is 2.16. The lowest BCUT2D eigenvalue weighted by Crippen LogP contribution is -2.45. The highest BCUT2D eigenvalue weighted by molar-refractivity contribution is 5.84. The van der Waals surface area contributed by atoms with Gasteiger partial charge < -0.3 is 20.1 Å². The van der Waals surface area contributed by atoms with Gasteiger partial charge in [-0.1, -0.05) is 43.7 Å². The van der Waals surface area contributed by atoms with E-state index in [-0.39, 0.29) is 31.3 Å². The first kappa shape index (κ1) is 24.0. The molecule has 29 heavy (non-hydrogen) atoms. The predicted octanol–water partition coefficient (Wildman–Crippen LogP) is 2.68. The van der Waals surface area contributed by atoms with Gasteiger partial charge in [-0.15, -0.1) is 0 Å². The summed E-state index contributed by atoms with van der Waals surface area (Å²) in [5, 5.41) is 14.1. The van der Waals surface area contributed by atoms with Crippen molar-refractivity contribution < 1.29 is 23.9 Å². The average molecular weight is 403 g/mol. The van der Waals surface area contributed by atoms with E-state index in [9.17, 15) is 14.4 Å². The molecule has 0 radical (unpaired) electrons. The van der Waals surface area contributed by atoms with Gasteiger partial charge in [0.05, 0.1) is 13.2 Å². The number of nitriles is 1. The molecule has 2 atom stereocenters. The van der Waals surface area contributed by atoms with Gasteiger partial charge in [0.25, 0.3) is 0 Å². The van der Waals surface area contributed by atoms with Crippen molar-refractivity contribution in [2.75, 3.05) is 13.7 Å². The lowest BCUT2D eigenvalue weighted by molar-refractivity contribution is -0.146. The van der Waals surface area contributed by atoms with Gasteiger partial charge in [-0.05, 0) is 18.4 Å². The number of carbonyl (C=O) groups excluding carboxylic acids is 3. The number of hydrogen-bond acceptors (Lipinski definition) is 6. The number of hydrogen-bond donors (Lipinski definition) is 2. The highest BCUT2D eigenvalue weighted by Gasteiger charge is 2.27. The Morgan fingerprint density at radius 3 is 2.52 bits per heavy atom. The second kappa shape index (κ2) is 14.0. The predicted molar refractivity (Wildman–Crippen MR) is 106 cm³/mol. The van der Waals surface area contributed by atoms with Crippen LogP contribution in [-0.2, 0) is 25.7 Å². The fourth-order valence-corrected chi connectivity index (χ4v) is 2.62. The standard InChI is InChI=1S/C21H29N3O5/c1-16(12-13-22)19(20(26)28-2)24-18(25)11-7-4-8-14-23-21(27)29-15-17-9-5-3-6-10-17/h3,5-6,9-10,16,19H,4,7-8,11-12,14-15H2,1-2H3,(H,23,27)(H,24,25)/t16-,19+/m0/s1. The van der Waals surface area contributed by atoms with Crippen molar-refractivity contribution >= 4 is 18.0 Å². The summed E-state index contributed by atoms with van der Waals surface area (Å²) in [6.07, 6.45) is 1.99. The highest BCUT2D eigenvalue weighted by Crippen LogP contribution is 2.10. The lowest BCUT2D eigenvalue weighted by atomic mass is 9.98. The number of rotatable bonds is 12. The van der Waals surface area contributed by atoms with Crippen molar-refractivity contribution in [3.05, 3.63) is 35.9 Å². The molecule has 1 aromatic carbocycles. The molecular weight excluding hydrogens is 374 g/mol. The fourth-order valence-electron chi connectivity index (χ4n) is 2.62. The van der Waals surface area contributed by atoms with Gasteiger partial charge in [0, 0.05) is 25.3 Å². The minimum absolute atomic E-state index is 0.145. The first-order valence-electron chi connectivity index (χ1n) is 9.66. The molecular formula is C21H29N3O5. The molecule has 2 amide bonds. The fraction of sp³-hybridized carbons (Fsp3) is 0.524. The van der Waals surface area contributed by atoms with Crippen molar-refractivity contribution in [2.24, 2.45) is 5.92 Å². The Morgan fingerprint density at radius 1 is 1.14 bits per heavy atom. The van der Waals surface area contributed by atoms with E-state index in [0.29, 0.717) is 19.4 Å². The summed E-state index contributed by atoms with van der Waals surface area (Å²) in [6.45, 7) is 2.39. The van der Waals surface area contributed by atoms with Crippen molar-refractivity contribution in [1.29, 1.82) is 5.26 Å². The third-order valence-corrected chi connectivity index (χ3v) is 4.32. The van der Waals surface area contributed by atoms with E-state index in [1.807, 2.05) is 36.4 Å². The summed E-state index contributed by atoms with van der Waals surface area (Å²) in [5.41, 5.74) is 0.919. The normalized spacial score (nSPS) is 12.2. The van der Waals surface area contributed by atoms with Gasteiger partial charge in [-0.2, -0.15) is 5.26 Å². The number of nitrogens with zero attached hydrogens (tertiary/aromatic N) is 1. The number of esters is 1. The second-order valence-electron chi connectivity index (χ2n) is 6.71. The number of nitrogens with one attached hydrogen (secondary N) is 2. The zero-order valence-electron chi connectivity index (χ0n) is 17.0. The van der Waals surface area contributed by atoms with Gasteiger partial charge in [0.2, 0.25) is 5.91 Å². The number of carbonyl (C=O) groups is 3. The van der Waals surface area contributed by atoms with E-state index in [1.54, 1.807) is 6.92 Å². The quantitative estimate of drug-likeness (QED) is 0.409. The molecule has 8 nitrogen and oxygen atoms in total. The van der Waals surface area contributed by atoms with Crippen molar-refractivity contribution in [3.8, 4) is 6.07 Å². The zero-order chi connectivity index (χ0) is 21.5. The van der Waals surface area contributed by atoms with Crippen molar-refractivity contribution in [1.82, 2.24) is 10.6 Å². The van der Waals surface area contributed by atoms with Crippen LogP contribution in [0.5, 0.6) is 0 Å². The summed E-state index contributed by atoms with van der Waals surface area (Å²) in [4.78, 5) is 35.5. The Bertz CT molecular complexity index is 687. The van der Waals surface area contributed by atoms with Crippen LogP contribution < -0.4 is 10.6 Å². The van der Waals surface area contributed by atoms with Crippen LogP contribution in [0.3, 0.4) is 0 Å². The van der Waals surface area contributed by atoms with Crippen LogP contribution in [0, 0.1) is 17.2 Å². The molecule has 0 aliphatic rings. The lowest BCUT2D eigenvalue weighted by Gasteiger charge is -2.21. The maximum atomic E-state index is 12.1. The molecule has 158 valence electrons. The molecule has 0 spiro atoms. The summed E-state index contributed by atoms with van der Waals surface area (Å²) in [7, 11) is 1.25. The van der Waals surface area contributed by atoms with Gasteiger partial charge in [-0.3, -0.25) is 4.79 Å². The Hall–Kier alpha value is -3.08. The summed E-state index contributed by atoms with van der Waals surface area (Å²) in [5.74, 6) is -1.15. The molecule has 1 rings (SSSR count). The Labute approximate surface area is 171 Å². The molecule has 8 heteroatoms. The summed E-state index contributed by atoms with van der Waals surface area (Å²) in [6, 6.07) is 10.6. The number of ether oxygens (including phenoxy) is 2. The summed E-state index contributed by atoms with van der Waals surface area (Å²) < 4.78 is 9.80. The number of methoxy groups -OCH3 is 1. The minimum Gasteiger partial charge on any atom is -0.467 e. The topological polar surface area (TPSA) is 118 Å². The molecule has 0 aliphatic heterocycles. The summed E-state index contributed by atoms with van der Waals surface area (Å²) >= 11 is 0. The van der Waals surface area contributed by atoms with Gasteiger partial charge in [0.15, 0.2) is 0 Å². The largest absolute Gasteiger partial charge is 0.467 e. The van der Waals surface area contributed by atoms with Crippen molar-refractivity contribution in [3.63, 3.8) is 0 Å². The van der Waals surface area contributed by atoms with E-state index < -0.39 is 18.1 Å². The van der Waals surface area contributed by atoms with Crippen LogP contribution in [-0.4, -0.2) is 37.7 Å². The number of benzene rings is 1. The van der Waals surface area contributed by atoms with Gasteiger partial charge >= 0.3 is 12.1 Å². The molecule has 0 aromatic heterocycles. The maximum absolute atomic E-state index is 12.1. The van der Waals surface area contributed by atoms with Crippen LogP contribution in [0.15, 0.2) is 30.3 Å². The van der Waals surface area contributed by atoms with E-state index in [2.05, 4.69) is 10.6 Å². The van der Waals surface area contributed by atoms with E-state index in [0.717, 1.165) is 12.0 Å². The van der Waals surface area contributed by atoms with Crippen LogP contribution in [0.2, 0.25) is 0 Å². The van der Waals surface area contributed by atoms with E-state index in [1.165, 1.54) is 7.11 Å². The van der Waals surface area contributed by atoms with E-state index in [4.69, 9.17) is 14.7 Å². The second-order valence-corrected chi connectivity index (χ2v) is 6.71. The Morgan fingerprint density at radius 2 is 1.86 bits per heavy atom. The van der Waals surface area contributed by atoms with Crippen LogP contribution in [0.25, 0.3) is 0 Å². The molecule has 1 aromatic rings. The Kier molecular flexibility index (Phi) is 11.6. The van der Waals surface area contributed by atoms with Crippen LogP contribution in [0.1, 0.15) is 44.6 Å². The molecule has 0 aliphatic carbocycles. The first-order chi connectivity index (χ1) is 14.0. The highest BCUT2D eigenvalue weighted by atomic mass is 16.5. The number of amides is 2. The molecule has 0 saturated carbocycles. The monoisotopic (exact) mass is 403 g/mol. The maximum Gasteiger partial charge on any atom is 0.407 e. The molecule has 0 saturated heterocycles. The average Bonchev–Trinajstić information content (AvgIpc) is 2.73. The zero-order valence-corrected chi connectivity index (χ0v) is 17.0. The SMILES string of the molecule is COC(=O)[C@H](NC(=O)CCCCCNC(=O)OCc1ccccc1)[C@@H](C)CC#N. The molecule has 0 heterocycles. The molecule has 2 N–H and O–H groups in total.